The average Bonchev–Trinajstić information content (AvgIpc) is 2.39. The van der Waals surface area contributed by atoms with Gasteiger partial charge in [0, 0.05) is 5.56 Å². The van der Waals surface area contributed by atoms with Crippen LogP contribution in [0.2, 0.25) is 0 Å². The summed E-state index contributed by atoms with van der Waals surface area (Å²) in [6, 6.07) is 1.11. The van der Waals surface area contributed by atoms with Crippen molar-refractivity contribution in [3.05, 3.63) is 23.5 Å². The predicted molar refractivity (Wildman–Crippen MR) is 78.9 cm³/mol. The van der Waals surface area contributed by atoms with Crippen LogP contribution in [0.15, 0.2) is 17.0 Å². The minimum absolute atomic E-state index is 0.0162. The zero-order chi connectivity index (χ0) is 17.1. The lowest BCUT2D eigenvalue weighted by atomic mass is 10.1. The van der Waals surface area contributed by atoms with Crippen LogP contribution in [0.1, 0.15) is 25.8 Å². The molecule has 0 aliphatic carbocycles. The molecule has 0 aliphatic heterocycles. The molecule has 6 nitrogen and oxygen atoms in total. The zero-order valence-corrected chi connectivity index (χ0v) is 13.7. The van der Waals surface area contributed by atoms with Gasteiger partial charge in [-0.15, -0.1) is 0 Å². The van der Waals surface area contributed by atoms with Crippen molar-refractivity contribution in [1.82, 2.24) is 4.72 Å². The van der Waals surface area contributed by atoms with Crippen LogP contribution >= 0.6 is 0 Å². The van der Waals surface area contributed by atoms with Gasteiger partial charge in [-0.2, -0.15) is 4.72 Å². The van der Waals surface area contributed by atoms with Gasteiger partial charge in [-0.1, -0.05) is 13.8 Å². The molecule has 1 atom stereocenters. The molecule has 0 heterocycles. The van der Waals surface area contributed by atoms with Crippen LogP contribution in [0.5, 0.6) is 5.75 Å². The molecule has 0 aromatic heterocycles. The fourth-order valence-corrected chi connectivity index (χ4v) is 3.45. The van der Waals surface area contributed by atoms with E-state index in [2.05, 4.69) is 4.72 Å². The topological polar surface area (TPSA) is 92.7 Å². The second-order valence-electron chi connectivity index (χ2n) is 5.35. The molecule has 1 aromatic rings. The van der Waals surface area contributed by atoms with E-state index < -0.39 is 27.9 Å². The first-order valence-electron chi connectivity index (χ1n) is 6.68. The smallest absolute Gasteiger partial charge is 0.321 e. The van der Waals surface area contributed by atoms with E-state index in [1.807, 2.05) is 0 Å². The Morgan fingerprint density at radius 2 is 2.00 bits per heavy atom. The van der Waals surface area contributed by atoms with Crippen molar-refractivity contribution in [3.63, 3.8) is 0 Å². The minimum Gasteiger partial charge on any atom is -0.494 e. The summed E-state index contributed by atoms with van der Waals surface area (Å²) >= 11 is 0. The van der Waals surface area contributed by atoms with Crippen LogP contribution in [-0.2, 0) is 14.8 Å². The fourth-order valence-electron chi connectivity index (χ4n) is 2.01. The molecule has 2 N–H and O–H groups in total. The Balaban J connectivity index is 3.19. The number of carbonyl (C=O) groups is 1. The van der Waals surface area contributed by atoms with Crippen LogP contribution in [0, 0.1) is 18.7 Å². The van der Waals surface area contributed by atoms with Crippen molar-refractivity contribution >= 4 is 16.0 Å². The number of ether oxygens (including phenoxy) is 1. The zero-order valence-electron chi connectivity index (χ0n) is 12.9. The molecule has 0 spiro atoms. The molecular weight excluding hydrogens is 313 g/mol. The highest BCUT2D eigenvalue weighted by atomic mass is 32.2. The van der Waals surface area contributed by atoms with E-state index in [4.69, 9.17) is 9.84 Å². The number of nitrogens with one attached hydrogen (secondary N) is 1. The summed E-state index contributed by atoms with van der Waals surface area (Å²) in [7, 11) is -2.88. The first-order chi connectivity index (χ1) is 10.1. The quantitative estimate of drug-likeness (QED) is 0.795. The van der Waals surface area contributed by atoms with Gasteiger partial charge in [0.05, 0.1) is 12.0 Å². The van der Waals surface area contributed by atoms with E-state index in [-0.39, 0.29) is 28.5 Å². The Kier molecular flexibility index (Phi) is 5.90. The molecule has 0 radical (unpaired) electrons. The summed E-state index contributed by atoms with van der Waals surface area (Å²) in [6.45, 7) is 4.86. The summed E-state index contributed by atoms with van der Waals surface area (Å²) in [5, 5.41) is 9.12. The van der Waals surface area contributed by atoms with E-state index >= 15 is 0 Å². The van der Waals surface area contributed by atoms with Crippen LogP contribution in [-0.4, -0.2) is 32.6 Å². The van der Waals surface area contributed by atoms with Gasteiger partial charge in [-0.3, -0.25) is 4.79 Å². The highest BCUT2D eigenvalue weighted by Crippen LogP contribution is 2.26. The van der Waals surface area contributed by atoms with Crippen LogP contribution in [0.3, 0.4) is 0 Å². The van der Waals surface area contributed by atoms with Crippen LogP contribution < -0.4 is 9.46 Å². The monoisotopic (exact) mass is 333 g/mol. The highest BCUT2D eigenvalue weighted by molar-refractivity contribution is 7.89. The van der Waals surface area contributed by atoms with Crippen LogP contribution in [0.4, 0.5) is 4.39 Å². The molecule has 0 bridgehead atoms. The second kappa shape index (κ2) is 7.06. The van der Waals surface area contributed by atoms with E-state index in [0.717, 1.165) is 0 Å². The fraction of sp³-hybridized carbons (Fsp3) is 0.500. The molecule has 1 aromatic carbocycles. The third-order valence-electron chi connectivity index (χ3n) is 3.11. The number of halogens is 1. The lowest BCUT2D eigenvalue weighted by Gasteiger charge is -2.18. The first-order valence-corrected chi connectivity index (χ1v) is 8.16. The number of rotatable bonds is 7. The number of carboxylic acids is 1. The van der Waals surface area contributed by atoms with Gasteiger partial charge in [-0.05, 0) is 31.4 Å². The molecule has 0 unspecified atom stereocenters. The largest absolute Gasteiger partial charge is 0.494 e. The number of benzene rings is 1. The number of hydrogen-bond donors (Lipinski definition) is 2. The Hall–Kier alpha value is -1.67. The Bertz CT molecular complexity index is 657. The Labute approximate surface area is 129 Å². The standard InChI is InChI=1S/C14H20FNO5S/c1-8(2)7-10(14(17)18)16-22(19,20)12-6-5-11(21-4)13(15)9(12)3/h5-6,8,10,16H,7H2,1-4H3,(H,17,18)/t10-/m1/s1. The SMILES string of the molecule is COc1ccc(S(=O)(=O)N[C@H](CC(C)C)C(=O)O)c(C)c1F. The number of sulfonamides is 1. The van der Waals surface area contributed by atoms with E-state index in [0.29, 0.717) is 0 Å². The summed E-state index contributed by atoms with van der Waals surface area (Å²) in [5.74, 6) is -2.16. The number of carboxylic acid groups (broad SMARTS) is 1. The van der Waals surface area contributed by atoms with E-state index in [9.17, 15) is 17.6 Å². The van der Waals surface area contributed by atoms with E-state index in [1.54, 1.807) is 13.8 Å². The van der Waals surface area contributed by atoms with Crippen molar-refractivity contribution < 1.29 is 27.4 Å². The van der Waals surface area contributed by atoms with E-state index in [1.165, 1.54) is 26.2 Å². The minimum atomic E-state index is -4.15. The lowest BCUT2D eigenvalue weighted by molar-refractivity contribution is -0.139. The van der Waals surface area contributed by atoms with Crippen molar-refractivity contribution in [2.45, 2.75) is 38.1 Å². The molecular formula is C14H20FNO5S. The molecule has 0 saturated heterocycles. The number of aliphatic carboxylic acids is 1. The molecule has 0 aliphatic rings. The second-order valence-corrected chi connectivity index (χ2v) is 7.03. The maximum absolute atomic E-state index is 14.0. The molecule has 22 heavy (non-hydrogen) atoms. The Morgan fingerprint density at radius 1 is 1.41 bits per heavy atom. The van der Waals surface area contributed by atoms with Gasteiger partial charge < -0.3 is 9.84 Å². The summed E-state index contributed by atoms with van der Waals surface area (Å²) in [5.41, 5.74) is -0.125. The van der Waals surface area contributed by atoms with Crippen molar-refractivity contribution in [2.24, 2.45) is 5.92 Å². The molecule has 8 heteroatoms. The maximum atomic E-state index is 14.0. The average molecular weight is 333 g/mol. The lowest BCUT2D eigenvalue weighted by Crippen LogP contribution is -2.41. The summed E-state index contributed by atoms with van der Waals surface area (Å²) in [6.07, 6.45) is 0.131. The van der Waals surface area contributed by atoms with Gasteiger partial charge >= 0.3 is 5.97 Å². The van der Waals surface area contributed by atoms with Crippen molar-refractivity contribution in [3.8, 4) is 5.75 Å². The number of methoxy groups -OCH3 is 1. The van der Waals surface area contributed by atoms with Gasteiger partial charge in [0.25, 0.3) is 0 Å². The summed E-state index contributed by atoms with van der Waals surface area (Å²) in [4.78, 5) is 10.9. The van der Waals surface area contributed by atoms with Gasteiger partial charge in [0.1, 0.15) is 6.04 Å². The first kappa shape index (κ1) is 18.4. The normalized spacial score (nSPS) is 13.2. The van der Waals surface area contributed by atoms with Crippen molar-refractivity contribution in [2.75, 3.05) is 7.11 Å². The van der Waals surface area contributed by atoms with Gasteiger partial charge in [0.15, 0.2) is 11.6 Å². The van der Waals surface area contributed by atoms with Crippen LogP contribution in [0.25, 0.3) is 0 Å². The van der Waals surface area contributed by atoms with Crippen molar-refractivity contribution in [1.29, 1.82) is 0 Å². The van der Waals surface area contributed by atoms with Gasteiger partial charge in [0.2, 0.25) is 10.0 Å². The third kappa shape index (κ3) is 4.17. The summed E-state index contributed by atoms with van der Waals surface area (Å²) < 4.78 is 45.5. The Morgan fingerprint density at radius 3 is 2.45 bits per heavy atom. The predicted octanol–water partition coefficient (Wildman–Crippen LogP) is 1.92. The highest BCUT2D eigenvalue weighted by Gasteiger charge is 2.28. The number of hydrogen-bond acceptors (Lipinski definition) is 4. The third-order valence-corrected chi connectivity index (χ3v) is 4.73. The molecule has 1 rings (SSSR count). The molecule has 124 valence electrons. The molecule has 0 amide bonds. The molecule has 0 fully saturated rings. The van der Waals surface area contributed by atoms with Gasteiger partial charge in [-0.25, -0.2) is 12.8 Å². The maximum Gasteiger partial charge on any atom is 0.321 e. The molecule has 0 saturated carbocycles.